The summed E-state index contributed by atoms with van der Waals surface area (Å²) in [5.41, 5.74) is 1.26. The molecule has 0 N–H and O–H groups in total. The minimum absolute atomic E-state index is 0.155. The molecule has 6 nitrogen and oxygen atoms in total. The van der Waals surface area contributed by atoms with Crippen molar-refractivity contribution in [2.75, 3.05) is 19.6 Å². The van der Waals surface area contributed by atoms with E-state index in [-0.39, 0.29) is 5.91 Å². The van der Waals surface area contributed by atoms with Crippen molar-refractivity contribution in [2.24, 2.45) is 0 Å². The smallest absolute Gasteiger partial charge is 0.219 e. The maximum Gasteiger partial charge on any atom is 0.219 e. The lowest BCUT2D eigenvalue weighted by molar-refractivity contribution is -0.130. The van der Waals surface area contributed by atoms with Crippen molar-refractivity contribution in [3.8, 4) is 0 Å². The molecule has 2 aliphatic heterocycles. The summed E-state index contributed by atoms with van der Waals surface area (Å²) in [5.74, 6) is 2.54. The Hall–Kier alpha value is -1.92. The normalized spacial score (nSPS) is 20.8. The van der Waals surface area contributed by atoms with E-state index in [9.17, 15) is 4.79 Å². The van der Waals surface area contributed by atoms with Crippen LogP contribution < -0.4 is 0 Å². The molecule has 2 aromatic rings. The Kier molecular flexibility index (Phi) is 4.96. The van der Waals surface area contributed by atoms with Gasteiger partial charge in [-0.15, -0.1) is 10.2 Å². The highest BCUT2D eigenvalue weighted by Gasteiger charge is 2.29. The van der Waals surface area contributed by atoms with Crippen molar-refractivity contribution in [3.05, 3.63) is 46.5 Å². The van der Waals surface area contributed by atoms with Crippen LogP contribution in [0.25, 0.3) is 0 Å². The van der Waals surface area contributed by atoms with E-state index in [1.165, 1.54) is 5.56 Å². The number of benzene rings is 1. The monoisotopic (exact) mass is 373 g/mol. The fourth-order valence-corrected chi connectivity index (χ4v) is 4.12. The minimum Gasteiger partial charge on any atom is -0.342 e. The van der Waals surface area contributed by atoms with E-state index < -0.39 is 0 Å². The van der Waals surface area contributed by atoms with E-state index in [0.717, 1.165) is 68.8 Å². The van der Waals surface area contributed by atoms with Gasteiger partial charge in [0.25, 0.3) is 0 Å². The molecule has 0 aliphatic carbocycles. The fourth-order valence-electron chi connectivity index (χ4n) is 3.99. The van der Waals surface area contributed by atoms with Crippen molar-refractivity contribution in [2.45, 2.75) is 45.3 Å². The summed E-state index contributed by atoms with van der Waals surface area (Å²) in [6, 6.07) is 8.02. The third kappa shape index (κ3) is 3.62. The van der Waals surface area contributed by atoms with Crippen molar-refractivity contribution in [3.63, 3.8) is 0 Å². The van der Waals surface area contributed by atoms with Crippen LogP contribution in [-0.2, 0) is 24.4 Å². The summed E-state index contributed by atoms with van der Waals surface area (Å²) in [6.07, 6.45) is 2.12. The SMILES string of the molecule is CC(=O)N1CCC[C@@H](c2nnc3n2CCN(Cc2ccc(Cl)cc2)C3)C1. The topological polar surface area (TPSA) is 54.3 Å². The van der Waals surface area contributed by atoms with Gasteiger partial charge in [-0.05, 0) is 30.5 Å². The van der Waals surface area contributed by atoms with Crippen LogP contribution in [0.2, 0.25) is 5.02 Å². The Morgan fingerprint density at radius 1 is 1.19 bits per heavy atom. The zero-order chi connectivity index (χ0) is 18.1. The lowest BCUT2D eigenvalue weighted by Gasteiger charge is -2.33. The van der Waals surface area contributed by atoms with Gasteiger partial charge in [-0.2, -0.15) is 0 Å². The fraction of sp³-hybridized carbons (Fsp3) is 0.526. The van der Waals surface area contributed by atoms with E-state index >= 15 is 0 Å². The molecule has 0 bridgehead atoms. The number of carbonyl (C=O) groups excluding carboxylic acids is 1. The number of halogens is 1. The molecular weight excluding hydrogens is 350 g/mol. The van der Waals surface area contributed by atoms with Crippen molar-refractivity contribution in [1.82, 2.24) is 24.6 Å². The van der Waals surface area contributed by atoms with Crippen molar-refractivity contribution >= 4 is 17.5 Å². The molecule has 0 radical (unpaired) electrons. The van der Waals surface area contributed by atoms with E-state index in [0.29, 0.717) is 5.92 Å². The molecular formula is C19H24ClN5O. The van der Waals surface area contributed by atoms with E-state index in [4.69, 9.17) is 11.6 Å². The Morgan fingerprint density at radius 2 is 2.00 bits per heavy atom. The van der Waals surface area contributed by atoms with Gasteiger partial charge in [0.05, 0.1) is 6.54 Å². The molecule has 0 unspecified atom stereocenters. The predicted octanol–water partition coefficient (Wildman–Crippen LogP) is 2.67. The van der Waals surface area contributed by atoms with Gasteiger partial charge >= 0.3 is 0 Å². The Bertz CT molecular complexity index is 788. The number of hydrogen-bond donors (Lipinski definition) is 0. The number of nitrogens with zero attached hydrogens (tertiary/aromatic N) is 5. The first kappa shape index (κ1) is 17.5. The molecule has 0 saturated carbocycles. The first-order chi connectivity index (χ1) is 12.6. The highest BCUT2D eigenvalue weighted by Crippen LogP contribution is 2.28. The molecule has 1 aromatic heterocycles. The van der Waals surface area contributed by atoms with E-state index in [1.807, 2.05) is 17.0 Å². The summed E-state index contributed by atoms with van der Waals surface area (Å²) in [6.45, 7) is 6.85. The summed E-state index contributed by atoms with van der Waals surface area (Å²) in [7, 11) is 0. The standard InChI is InChI=1S/C19H24ClN5O/c1-14(26)24-8-2-3-16(12-24)19-22-21-18-13-23(9-10-25(18)19)11-15-4-6-17(20)7-5-15/h4-7,16H,2-3,8-13H2,1H3/t16-/m1/s1. The molecule has 138 valence electrons. The molecule has 26 heavy (non-hydrogen) atoms. The molecule has 7 heteroatoms. The third-order valence-electron chi connectivity index (χ3n) is 5.41. The van der Waals surface area contributed by atoms with Gasteiger partial charge in [-0.25, -0.2) is 0 Å². The summed E-state index contributed by atoms with van der Waals surface area (Å²) >= 11 is 5.97. The second kappa shape index (κ2) is 7.37. The lowest BCUT2D eigenvalue weighted by atomic mass is 9.97. The van der Waals surface area contributed by atoms with E-state index in [2.05, 4.69) is 31.8 Å². The maximum absolute atomic E-state index is 11.7. The van der Waals surface area contributed by atoms with Crippen LogP contribution >= 0.6 is 11.6 Å². The number of amides is 1. The maximum atomic E-state index is 11.7. The van der Waals surface area contributed by atoms with Gasteiger partial charge in [0.1, 0.15) is 11.6 Å². The quantitative estimate of drug-likeness (QED) is 0.830. The largest absolute Gasteiger partial charge is 0.342 e. The Morgan fingerprint density at radius 3 is 2.77 bits per heavy atom. The molecule has 1 atom stereocenters. The van der Waals surface area contributed by atoms with Crippen LogP contribution in [0.1, 0.15) is 42.9 Å². The zero-order valence-corrected chi connectivity index (χ0v) is 15.8. The molecule has 4 rings (SSSR count). The number of fused-ring (bicyclic) bond motifs is 1. The first-order valence-electron chi connectivity index (χ1n) is 9.24. The molecule has 1 amide bonds. The van der Waals surface area contributed by atoms with Crippen molar-refractivity contribution < 1.29 is 4.79 Å². The van der Waals surface area contributed by atoms with Gasteiger partial charge in [0.2, 0.25) is 5.91 Å². The molecule has 3 heterocycles. The number of aromatic nitrogens is 3. The van der Waals surface area contributed by atoms with Crippen LogP contribution in [0.3, 0.4) is 0 Å². The van der Waals surface area contributed by atoms with Gasteiger partial charge in [0, 0.05) is 50.6 Å². The summed E-state index contributed by atoms with van der Waals surface area (Å²) in [5, 5.41) is 9.72. The molecule has 2 aliphatic rings. The van der Waals surface area contributed by atoms with Crippen LogP contribution in [-0.4, -0.2) is 50.1 Å². The zero-order valence-electron chi connectivity index (χ0n) is 15.1. The minimum atomic E-state index is 0.155. The van der Waals surface area contributed by atoms with Gasteiger partial charge in [-0.3, -0.25) is 9.69 Å². The highest BCUT2D eigenvalue weighted by molar-refractivity contribution is 6.30. The van der Waals surface area contributed by atoms with Gasteiger partial charge < -0.3 is 9.47 Å². The first-order valence-corrected chi connectivity index (χ1v) is 9.62. The Labute approximate surface area is 158 Å². The van der Waals surface area contributed by atoms with Crippen LogP contribution in [0.15, 0.2) is 24.3 Å². The highest BCUT2D eigenvalue weighted by atomic mass is 35.5. The lowest BCUT2D eigenvalue weighted by Crippen LogP contribution is -2.39. The summed E-state index contributed by atoms with van der Waals surface area (Å²) in [4.78, 5) is 16.0. The summed E-state index contributed by atoms with van der Waals surface area (Å²) < 4.78 is 2.27. The average molecular weight is 374 g/mol. The molecule has 1 aromatic carbocycles. The predicted molar refractivity (Wildman–Crippen MR) is 99.8 cm³/mol. The number of hydrogen-bond acceptors (Lipinski definition) is 4. The van der Waals surface area contributed by atoms with Crippen molar-refractivity contribution in [1.29, 1.82) is 0 Å². The number of likely N-dealkylation sites (tertiary alicyclic amines) is 1. The molecule has 1 fully saturated rings. The average Bonchev–Trinajstić information content (AvgIpc) is 3.07. The Balaban J connectivity index is 1.45. The van der Waals surface area contributed by atoms with Gasteiger partial charge in [0.15, 0.2) is 0 Å². The van der Waals surface area contributed by atoms with Crippen LogP contribution in [0.4, 0.5) is 0 Å². The number of rotatable bonds is 3. The van der Waals surface area contributed by atoms with E-state index in [1.54, 1.807) is 6.92 Å². The van der Waals surface area contributed by atoms with Crippen LogP contribution in [0, 0.1) is 0 Å². The number of carbonyl (C=O) groups is 1. The van der Waals surface area contributed by atoms with Crippen LogP contribution in [0.5, 0.6) is 0 Å². The third-order valence-corrected chi connectivity index (χ3v) is 5.66. The number of piperidine rings is 1. The molecule has 0 spiro atoms. The second-order valence-corrected chi connectivity index (χ2v) is 7.70. The molecule has 1 saturated heterocycles. The van der Waals surface area contributed by atoms with Gasteiger partial charge in [-0.1, -0.05) is 23.7 Å². The second-order valence-electron chi connectivity index (χ2n) is 7.27.